The molecule has 0 spiro atoms. The molecule has 0 saturated heterocycles. The highest BCUT2D eigenvalue weighted by atomic mass is 32.1. The summed E-state index contributed by atoms with van der Waals surface area (Å²) >= 11 is 1.08. The largest absolute Gasteiger partial charge is 0.467 e. The van der Waals surface area contributed by atoms with Crippen molar-refractivity contribution >= 4 is 17.2 Å². The van der Waals surface area contributed by atoms with Crippen molar-refractivity contribution in [1.29, 1.82) is 0 Å². The predicted molar refractivity (Wildman–Crippen MR) is 81.4 cm³/mol. The summed E-state index contributed by atoms with van der Waals surface area (Å²) < 4.78 is 44.3. The zero-order valence-electron chi connectivity index (χ0n) is 12.4. The Morgan fingerprint density at radius 1 is 1.38 bits per heavy atom. The highest BCUT2D eigenvalue weighted by molar-refractivity contribution is 7.17. The maximum Gasteiger partial charge on any atom is 0.433 e. The third kappa shape index (κ3) is 3.35. The van der Waals surface area contributed by atoms with E-state index in [-0.39, 0.29) is 18.1 Å². The molecule has 0 fully saturated rings. The van der Waals surface area contributed by atoms with Gasteiger partial charge < -0.3 is 9.73 Å². The number of amides is 1. The zero-order valence-corrected chi connectivity index (χ0v) is 13.2. The molecule has 0 aliphatic carbocycles. The molecule has 0 atom stereocenters. The van der Waals surface area contributed by atoms with Gasteiger partial charge in [0.1, 0.15) is 17.1 Å². The van der Waals surface area contributed by atoms with Crippen LogP contribution in [-0.2, 0) is 19.8 Å². The predicted octanol–water partition coefficient (Wildman–Crippen LogP) is 3.69. The van der Waals surface area contributed by atoms with Crippen molar-refractivity contribution in [1.82, 2.24) is 15.1 Å². The van der Waals surface area contributed by atoms with Crippen molar-refractivity contribution in [2.75, 3.05) is 0 Å². The fourth-order valence-electron chi connectivity index (χ4n) is 2.12. The molecule has 3 heterocycles. The lowest BCUT2D eigenvalue weighted by Gasteiger charge is -2.04. The van der Waals surface area contributed by atoms with E-state index >= 15 is 0 Å². The molecular formula is C15H12F3N3O2S. The van der Waals surface area contributed by atoms with Gasteiger partial charge in [-0.1, -0.05) is 0 Å². The number of nitrogens with one attached hydrogen (secondary N) is 1. The summed E-state index contributed by atoms with van der Waals surface area (Å²) in [5.74, 6) is 0.286. The van der Waals surface area contributed by atoms with E-state index in [0.29, 0.717) is 15.5 Å². The van der Waals surface area contributed by atoms with Gasteiger partial charge in [0.25, 0.3) is 5.91 Å². The molecule has 24 heavy (non-hydrogen) atoms. The van der Waals surface area contributed by atoms with E-state index in [9.17, 15) is 18.0 Å². The summed E-state index contributed by atoms with van der Waals surface area (Å²) in [6, 6.07) is 7.54. The van der Waals surface area contributed by atoms with Crippen LogP contribution in [0.3, 0.4) is 0 Å². The van der Waals surface area contributed by atoms with Gasteiger partial charge in [0.2, 0.25) is 0 Å². The summed E-state index contributed by atoms with van der Waals surface area (Å²) in [5.41, 5.74) is -0.658. The molecule has 0 saturated carbocycles. The van der Waals surface area contributed by atoms with E-state index in [1.807, 2.05) is 0 Å². The molecule has 9 heteroatoms. The van der Waals surface area contributed by atoms with Crippen LogP contribution in [0.25, 0.3) is 10.6 Å². The number of carbonyl (C=O) groups is 1. The highest BCUT2D eigenvalue weighted by Crippen LogP contribution is 2.34. The van der Waals surface area contributed by atoms with Crippen LogP contribution in [0.2, 0.25) is 0 Å². The van der Waals surface area contributed by atoms with E-state index in [2.05, 4.69) is 10.4 Å². The molecule has 0 aromatic carbocycles. The van der Waals surface area contributed by atoms with Crippen LogP contribution in [0.1, 0.15) is 21.1 Å². The summed E-state index contributed by atoms with van der Waals surface area (Å²) in [5, 5.41) is 6.55. The Kier molecular flexibility index (Phi) is 4.18. The standard InChI is InChI=1S/C15H12F3N3O2S/c1-21-13(15(16,17)18)7-10(20-21)11-4-5-12(24-11)14(22)19-8-9-3-2-6-23-9/h2-7H,8H2,1H3,(H,19,22). The lowest BCUT2D eigenvalue weighted by atomic mass is 10.3. The molecule has 0 aliphatic heterocycles. The summed E-state index contributed by atoms with van der Waals surface area (Å²) in [6.07, 6.45) is -2.97. The Hall–Kier alpha value is -2.55. The molecule has 0 aliphatic rings. The lowest BCUT2D eigenvalue weighted by molar-refractivity contribution is -0.143. The maximum atomic E-state index is 12.8. The number of hydrogen-bond acceptors (Lipinski definition) is 4. The molecule has 3 aromatic heterocycles. The van der Waals surface area contributed by atoms with Crippen molar-refractivity contribution < 1.29 is 22.4 Å². The van der Waals surface area contributed by atoms with Crippen molar-refractivity contribution in [2.24, 2.45) is 7.05 Å². The second-order valence-corrected chi connectivity index (χ2v) is 6.05. The molecule has 0 radical (unpaired) electrons. The molecule has 5 nitrogen and oxygen atoms in total. The molecule has 3 aromatic rings. The Balaban J connectivity index is 1.74. The first-order chi connectivity index (χ1) is 11.3. The van der Waals surface area contributed by atoms with Crippen molar-refractivity contribution in [3.05, 3.63) is 52.9 Å². The molecule has 126 valence electrons. The summed E-state index contributed by atoms with van der Waals surface area (Å²) in [7, 11) is 1.23. The number of hydrogen-bond donors (Lipinski definition) is 1. The first-order valence-corrected chi connectivity index (χ1v) is 7.68. The van der Waals surface area contributed by atoms with Crippen LogP contribution in [0.5, 0.6) is 0 Å². The monoisotopic (exact) mass is 355 g/mol. The lowest BCUT2D eigenvalue weighted by Crippen LogP contribution is -2.21. The van der Waals surface area contributed by atoms with Gasteiger partial charge >= 0.3 is 6.18 Å². The smallest absolute Gasteiger partial charge is 0.433 e. The first kappa shape index (κ1) is 16.3. The third-order valence-electron chi connectivity index (χ3n) is 3.26. The van der Waals surface area contributed by atoms with Crippen LogP contribution in [-0.4, -0.2) is 15.7 Å². The van der Waals surface area contributed by atoms with E-state index in [1.54, 1.807) is 24.3 Å². The number of furan rings is 1. The molecular weight excluding hydrogens is 343 g/mol. The van der Waals surface area contributed by atoms with E-state index in [4.69, 9.17) is 4.42 Å². The minimum atomic E-state index is -4.47. The fraction of sp³-hybridized carbons (Fsp3) is 0.200. The van der Waals surface area contributed by atoms with Crippen molar-refractivity contribution in [2.45, 2.75) is 12.7 Å². The minimum absolute atomic E-state index is 0.180. The number of thiophene rings is 1. The van der Waals surface area contributed by atoms with Crippen LogP contribution in [0, 0.1) is 0 Å². The van der Waals surface area contributed by atoms with Crippen LogP contribution < -0.4 is 5.32 Å². The number of halogens is 3. The minimum Gasteiger partial charge on any atom is -0.467 e. The van der Waals surface area contributed by atoms with Crippen LogP contribution >= 0.6 is 11.3 Å². The van der Waals surface area contributed by atoms with Crippen LogP contribution in [0.15, 0.2) is 41.0 Å². The topological polar surface area (TPSA) is 60.1 Å². The van der Waals surface area contributed by atoms with Gasteiger partial charge in [0, 0.05) is 7.05 Å². The van der Waals surface area contributed by atoms with Gasteiger partial charge in [-0.05, 0) is 30.3 Å². The highest BCUT2D eigenvalue weighted by Gasteiger charge is 2.35. The van der Waals surface area contributed by atoms with Crippen LogP contribution in [0.4, 0.5) is 13.2 Å². The molecule has 1 amide bonds. The van der Waals surface area contributed by atoms with Gasteiger partial charge in [0.15, 0.2) is 0 Å². The number of aromatic nitrogens is 2. The number of aryl methyl sites for hydroxylation is 1. The van der Waals surface area contributed by atoms with E-state index < -0.39 is 11.9 Å². The van der Waals surface area contributed by atoms with Crippen molar-refractivity contribution in [3.8, 4) is 10.6 Å². The van der Waals surface area contributed by atoms with Crippen molar-refractivity contribution in [3.63, 3.8) is 0 Å². The Labute approximate surface area is 138 Å². The number of rotatable bonds is 4. The Morgan fingerprint density at radius 3 is 2.79 bits per heavy atom. The third-order valence-corrected chi connectivity index (χ3v) is 4.36. The SMILES string of the molecule is Cn1nc(-c2ccc(C(=O)NCc3ccco3)s2)cc1C(F)(F)F. The number of alkyl halides is 3. The number of nitrogens with zero attached hydrogens (tertiary/aromatic N) is 2. The van der Waals surface area contributed by atoms with Gasteiger partial charge in [-0.2, -0.15) is 18.3 Å². The van der Waals surface area contributed by atoms with Gasteiger partial charge in [-0.15, -0.1) is 11.3 Å². The second-order valence-electron chi connectivity index (χ2n) is 4.96. The fourth-order valence-corrected chi connectivity index (χ4v) is 3.00. The molecule has 1 N–H and O–H groups in total. The molecule has 0 bridgehead atoms. The van der Waals surface area contributed by atoms with Gasteiger partial charge in [-0.25, -0.2) is 0 Å². The quantitative estimate of drug-likeness (QED) is 0.776. The molecule has 0 unspecified atom stereocenters. The Bertz CT molecular complexity index is 850. The number of carbonyl (C=O) groups excluding carboxylic acids is 1. The average molecular weight is 355 g/mol. The van der Waals surface area contributed by atoms with E-state index in [0.717, 1.165) is 22.1 Å². The molecule has 3 rings (SSSR count). The summed E-state index contributed by atoms with van der Waals surface area (Å²) in [4.78, 5) is 12.9. The normalized spacial score (nSPS) is 11.7. The maximum absolute atomic E-state index is 12.8. The first-order valence-electron chi connectivity index (χ1n) is 6.86. The van der Waals surface area contributed by atoms with Gasteiger partial charge in [-0.3, -0.25) is 9.48 Å². The Morgan fingerprint density at radius 2 is 2.17 bits per heavy atom. The second kappa shape index (κ2) is 6.16. The summed E-state index contributed by atoms with van der Waals surface area (Å²) in [6.45, 7) is 0.237. The van der Waals surface area contributed by atoms with Gasteiger partial charge in [0.05, 0.1) is 22.6 Å². The van der Waals surface area contributed by atoms with E-state index in [1.165, 1.54) is 13.3 Å². The zero-order chi connectivity index (χ0) is 17.3. The average Bonchev–Trinajstić information content (AvgIpc) is 3.23.